The zero-order valence-electron chi connectivity index (χ0n) is 10.4. The summed E-state index contributed by atoms with van der Waals surface area (Å²) < 4.78 is 8.96. The first-order chi connectivity index (χ1) is 9.31. The zero-order chi connectivity index (χ0) is 12.8. The van der Waals surface area contributed by atoms with Gasteiger partial charge in [0.1, 0.15) is 6.33 Å². The number of imidazole rings is 1. The highest BCUT2D eigenvalue weighted by Gasteiger charge is 2.24. The summed E-state index contributed by atoms with van der Waals surface area (Å²) in [5.74, 6) is 0.702. The highest BCUT2D eigenvalue weighted by atomic mass is 16.6. The Morgan fingerprint density at radius 2 is 2.26 bits per heavy atom. The van der Waals surface area contributed by atoms with Crippen LogP contribution in [0.15, 0.2) is 24.9 Å². The fraction of sp³-hybridized carbons (Fsp3) is 0.333. The standard InChI is InChI=1S/C12H12N6O/c1-8-2-3-18(16-8)12-10-11(13-6-14-12)17(7-15-10)4-9-5-19-9/h2-3,6-7,9H,4-5H2,1H3. The number of fused-ring (bicyclic) bond motifs is 1. The first-order valence-electron chi connectivity index (χ1n) is 6.11. The Morgan fingerprint density at radius 1 is 1.37 bits per heavy atom. The monoisotopic (exact) mass is 256 g/mol. The van der Waals surface area contributed by atoms with Crippen molar-refractivity contribution in [2.75, 3.05) is 6.61 Å². The van der Waals surface area contributed by atoms with E-state index in [1.807, 2.05) is 23.8 Å². The van der Waals surface area contributed by atoms with Crippen LogP contribution < -0.4 is 0 Å². The molecule has 0 amide bonds. The third-order valence-electron chi connectivity index (χ3n) is 3.12. The Bertz CT molecular complexity index is 742. The molecule has 0 N–H and O–H groups in total. The number of hydrogen-bond donors (Lipinski definition) is 0. The number of ether oxygens (including phenoxy) is 1. The SMILES string of the molecule is Cc1ccn(-c2ncnc3c2ncn3CC2CO2)n1. The van der Waals surface area contributed by atoms with Gasteiger partial charge in [0, 0.05) is 6.20 Å². The molecule has 1 unspecified atom stereocenters. The van der Waals surface area contributed by atoms with Gasteiger partial charge in [-0.1, -0.05) is 0 Å². The fourth-order valence-corrected chi connectivity index (χ4v) is 2.10. The Labute approximate surface area is 108 Å². The van der Waals surface area contributed by atoms with Crippen LogP contribution >= 0.6 is 0 Å². The summed E-state index contributed by atoms with van der Waals surface area (Å²) in [5.41, 5.74) is 2.51. The predicted octanol–water partition coefficient (Wildman–Crippen LogP) is 0.719. The maximum absolute atomic E-state index is 5.24. The molecule has 1 fully saturated rings. The predicted molar refractivity (Wildman–Crippen MR) is 66.9 cm³/mol. The molecule has 4 heterocycles. The van der Waals surface area contributed by atoms with Gasteiger partial charge < -0.3 is 9.30 Å². The molecule has 0 bridgehead atoms. The number of aromatic nitrogens is 6. The molecule has 0 spiro atoms. The van der Waals surface area contributed by atoms with Crippen LogP contribution in [0, 0.1) is 6.92 Å². The van der Waals surface area contributed by atoms with Crippen molar-refractivity contribution in [1.29, 1.82) is 0 Å². The van der Waals surface area contributed by atoms with E-state index in [1.165, 1.54) is 0 Å². The van der Waals surface area contributed by atoms with Crippen LogP contribution in [-0.4, -0.2) is 42.0 Å². The average Bonchev–Trinajstić information content (AvgIpc) is 2.98. The molecule has 0 radical (unpaired) electrons. The Morgan fingerprint density at radius 3 is 3.00 bits per heavy atom. The summed E-state index contributed by atoms with van der Waals surface area (Å²) in [6.07, 6.45) is 5.49. The number of aryl methyl sites for hydroxylation is 1. The average molecular weight is 256 g/mol. The van der Waals surface area contributed by atoms with Crippen LogP contribution in [0.4, 0.5) is 0 Å². The third kappa shape index (κ3) is 1.78. The van der Waals surface area contributed by atoms with Gasteiger partial charge in [0.25, 0.3) is 0 Å². The van der Waals surface area contributed by atoms with Gasteiger partial charge in [0.05, 0.1) is 31.3 Å². The first-order valence-corrected chi connectivity index (χ1v) is 6.11. The molecule has 0 saturated carbocycles. The van der Waals surface area contributed by atoms with E-state index >= 15 is 0 Å². The first kappa shape index (κ1) is 10.6. The quantitative estimate of drug-likeness (QED) is 0.645. The van der Waals surface area contributed by atoms with Gasteiger partial charge >= 0.3 is 0 Å². The minimum atomic E-state index is 0.294. The molecule has 4 rings (SSSR count). The summed E-state index contributed by atoms with van der Waals surface area (Å²) in [5, 5.41) is 4.37. The van der Waals surface area contributed by atoms with Gasteiger partial charge in [-0.25, -0.2) is 19.6 Å². The van der Waals surface area contributed by atoms with Crippen molar-refractivity contribution >= 4 is 11.2 Å². The van der Waals surface area contributed by atoms with Gasteiger partial charge in [-0.2, -0.15) is 5.10 Å². The molecule has 1 atom stereocenters. The molecule has 0 aromatic carbocycles. The van der Waals surface area contributed by atoms with Crippen LogP contribution in [-0.2, 0) is 11.3 Å². The molecular formula is C12H12N6O. The molecule has 19 heavy (non-hydrogen) atoms. The highest BCUT2D eigenvalue weighted by molar-refractivity contribution is 5.78. The second-order valence-corrected chi connectivity index (χ2v) is 4.62. The van der Waals surface area contributed by atoms with E-state index in [-0.39, 0.29) is 0 Å². The van der Waals surface area contributed by atoms with Crippen LogP contribution in [0.2, 0.25) is 0 Å². The van der Waals surface area contributed by atoms with Crippen LogP contribution in [0.1, 0.15) is 5.69 Å². The van der Waals surface area contributed by atoms with E-state index in [9.17, 15) is 0 Å². The molecule has 96 valence electrons. The van der Waals surface area contributed by atoms with Crippen LogP contribution in [0.3, 0.4) is 0 Å². The van der Waals surface area contributed by atoms with Crippen molar-refractivity contribution in [1.82, 2.24) is 29.3 Å². The second-order valence-electron chi connectivity index (χ2n) is 4.62. The number of nitrogens with zero attached hydrogens (tertiary/aromatic N) is 6. The molecule has 3 aromatic rings. The topological polar surface area (TPSA) is 74.0 Å². The van der Waals surface area contributed by atoms with Gasteiger partial charge in [0.15, 0.2) is 17.0 Å². The van der Waals surface area contributed by atoms with E-state index < -0.39 is 0 Å². The summed E-state index contributed by atoms with van der Waals surface area (Å²) in [6, 6.07) is 1.93. The molecule has 7 heteroatoms. The van der Waals surface area contributed by atoms with E-state index in [4.69, 9.17) is 4.74 Å². The van der Waals surface area contributed by atoms with E-state index in [1.54, 1.807) is 17.3 Å². The van der Waals surface area contributed by atoms with E-state index in [0.717, 1.165) is 30.0 Å². The van der Waals surface area contributed by atoms with Crippen molar-refractivity contribution < 1.29 is 4.74 Å². The van der Waals surface area contributed by atoms with Crippen molar-refractivity contribution in [3.05, 3.63) is 30.6 Å². The summed E-state index contributed by atoms with van der Waals surface area (Å²) in [7, 11) is 0. The van der Waals surface area contributed by atoms with Crippen molar-refractivity contribution in [3.8, 4) is 5.82 Å². The number of rotatable bonds is 3. The molecule has 0 aliphatic carbocycles. The highest BCUT2D eigenvalue weighted by Crippen LogP contribution is 2.19. The second kappa shape index (κ2) is 3.86. The third-order valence-corrected chi connectivity index (χ3v) is 3.12. The summed E-state index contributed by atoms with van der Waals surface area (Å²) in [4.78, 5) is 13.0. The normalized spacial score (nSPS) is 18.1. The lowest BCUT2D eigenvalue weighted by molar-refractivity contribution is 0.384. The Balaban J connectivity index is 1.85. The summed E-state index contributed by atoms with van der Waals surface area (Å²) in [6.45, 7) is 3.54. The minimum Gasteiger partial charge on any atom is -0.371 e. The van der Waals surface area contributed by atoms with Gasteiger partial charge in [-0.05, 0) is 13.0 Å². The number of hydrogen-bond acceptors (Lipinski definition) is 5. The summed E-state index contributed by atoms with van der Waals surface area (Å²) >= 11 is 0. The maximum atomic E-state index is 5.24. The lowest BCUT2D eigenvalue weighted by Gasteiger charge is -2.02. The minimum absolute atomic E-state index is 0.294. The molecular weight excluding hydrogens is 244 g/mol. The van der Waals surface area contributed by atoms with Crippen molar-refractivity contribution in [3.63, 3.8) is 0 Å². The van der Waals surface area contributed by atoms with Crippen molar-refractivity contribution in [2.24, 2.45) is 0 Å². The number of epoxide rings is 1. The largest absolute Gasteiger partial charge is 0.371 e. The molecule has 7 nitrogen and oxygen atoms in total. The Hall–Kier alpha value is -2.28. The van der Waals surface area contributed by atoms with E-state index in [0.29, 0.717) is 11.9 Å². The Kier molecular flexibility index (Phi) is 2.16. The molecule has 1 aliphatic heterocycles. The molecule has 1 aliphatic rings. The van der Waals surface area contributed by atoms with Gasteiger partial charge in [0.2, 0.25) is 0 Å². The lowest BCUT2D eigenvalue weighted by atomic mass is 10.4. The van der Waals surface area contributed by atoms with Crippen molar-refractivity contribution in [2.45, 2.75) is 19.6 Å². The van der Waals surface area contributed by atoms with Gasteiger partial charge in [-0.15, -0.1) is 0 Å². The molecule has 3 aromatic heterocycles. The fourth-order valence-electron chi connectivity index (χ4n) is 2.10. The van der Waals surface area contributed by atoms with Crippen LogP contribution in [0.25, 0.3) is 17.0 Å². The van der Waals surface area contributed by atoms with Gasteiger partial charge in [-0.3, -0.25) is 0 Å². The smallest absolute Gasteiger partial charge is 0.184 e. The maximum Gasteiger partial charge on any atom is 0.184 e. The molecule has 1 saturated heterocycles. The van der Waals surface area contributed by atoms with E-state index in [2.05, 4.69) is 20.1 Å². The van der Waals surface area contributed by atoms with Crippen LogP contribution in [0.5, 0.6) is 0 Å². The lowest BCUT2D eigenvalue weighted by Crippen LogP contribution is -2.05. The zero-order valence-corrected chi connectivity index (χ0v) is 10.4.